The Labute approximate surface area is 127 Å². The number of thiophene rings is 1. The standard InChI is InChI=1S/C13H11F2N3O3S/c14-11(15)7-6-21-13(19)18(7)9-5-17-2-3-20-8-1-4-22-10(8)12(17)16-9/h1,4-5,7,11H,2-3,6H2. The molecule has 0 radical (unpaired) electrons. The monoisotopic (exact) mass is 327 g/mol. The van der Waals surface area contributed by atoms with Crippen molar-refractivity contribution in [3.05, 3.63) is 17.6 Å². The molecule has 1 saturated heterocycles. The first-order valence-corrected chi connectivity index (χ1v) is 7.55. The van der Waals surface area contributed by atoms with Crippen molar-refractivity contribution >= 4 is 23.2 Å². The van der Waals surface area contributed by atoms with E-state index in [2.05, 4.69) is 4.98 Å². The van der Waals surface area contributed by atoms with Gasteiger partial charge in [0.25, 0.3) is 6.43 Å². The summed E-state index contributed by atoms with van der Waals surface area (Å²) in [6, 6.07) is 0.543. The largest absolute Gasteiger partial charge is 0.490 e. The van der Waals surface area contributed by atoms with Crippen molar-refractivity contribution in [1.82, 2.24) is 9.55 Å². The summed E-state index contributed by atoms with van der Waals surface area (Å²) < 4.78 is 38.3. The molecule has 2 aromatic heterocycles. The lowest BCUT2D eigenvalue weighted by molar-refractivity contribution is 0.104. The molecule has 0 aromatic carbocycles. The average Bonchev–Trinajstić information content (AvgIpc) is 3.15. The van der Waals surface area contributed by atoms with Gasteiger partial charge in [-0.3, -0.25) is 0 Å². The maximum Gasteiger partial charge on any atom is 0.416 e. The van der Waals surface area contributed by atoms with Crippen molar-refractivity contribution in [3.63, 3.8) is 0 Å². The number of amides is 1. The third kappa shape index (κ3) is 1.96. The van der Waals surface area contributed by atoms with Crippen LogP contribution in [0.4, 0.5) is 19.4 Å². The van der Waals surface area contributed by atoms with E-state index in [1.54, 1.807) is 6.20 Å². The lowest BCUT2D eigenvalue weighted by Crippen LogP contribution is -2.38. The number of carbonyl (C=O) groups excluding carboxylic acids is 1. The lowest BCUT2D eigenvalue weighted by atomic mass is 10.3. The van der Waals surface area contributed by atoms with Crippen molar-refractivity contribution in [1.29, 1.82) is 0 Å². The number of anilines is 1. The number of aromatic nitrogens is 2. The van der Waals surface area contributed by atoms with Gasteiger partial charge in [-0.2, -0.15) is 0 Å². The van der Waals surface area contributed by atoms with Gasteiger partial charge in [-0.15, -0.1) is 11.3 Å². The van der Waals surface area contributed by atoms with Crippen molar-refractivity contribution in [2.75, 3.05) is 18.1 Å². The Morgan fingerprint density at radius 1 is 1.41 bits per heavy atom. The predicted molar refractivity (Wildman–Crippen MR) is 74.7 cm³/mol. The molecule has 2 aliphatic heterocycles. The SMILES string of the molecule is O=C1OCC(C(F)F)N1c1cn2c(n1)-c1sccc1OCC2. The van der Waals surface area contributed by atoms with Crippen LogP contribution in [-0.2, 0) is 11.3 Å². The number of halogens is 2. The third-order valence-electron chi connectivity index (χ3n) is 3.63. The van der Waals surface area contributed by atoms with Crippen molar-refractivity contribution in [2.24, 2.45) is 0 Å². The van der Waals surface area contributed by atoms with E-state index in [0.717, 1.165) is 15.5 Å². The molecule has 22 heavy (non-hydrogen) atoms. The molecule has 0 aliphatic carbocycles. The maximum absolute atomic E-state index is 13.1. The van der Waals surface area contributed by atoms with Gasteiger partial charge in [0.1, 0.15) is 29.9 Å². The molecule has 9 heteroatoms. The number of carbonyl (C=O) groups is 1. The fourth-order valence-electron chi connectivity index (χ4n) is 2.58. The maximum atomic E-state index is 13.1. The van der Waals surface area contributed by atoms with E-state index in [1.807, 2.05) is 16.0 Å². The van der Waals surface area contributed by atoms with Gasteiger partial charge in [0.05, 0.1) is 6.54 Å². The zero-order chi connectivity index (χ0) is 15.3. The zero-order valence-corrected chi connectivity index (χ0v) is 12.1. The minimum absolute atomic E-state index is 0.184. The Kier molecular flexibility index (Phi) is 3.03. The van der Waals surface area contributed by atoms with Gasteiger partial charge in [0.15, 0.2) is 11.6 Å². The summed E-state index contributed by atoms with van der Waals surface area (Å²) in [5.41, 5.74) is 0. The van der Waals surface area contributed by atoms with Crippen LogP contribution >= 0.6 is 11.3 Å². The van der Waals surface area contributed by atoms with Crippen LogP contribution in [-0.4, -0.2) is 41.3 Å². The fraction of sp³-hybridized carbons (Fsp3) is 0.385. The molecule has 1 amide bonds. The number of imidazole rings is 1. The second-order valence-corrected chi connectivity index (χ2v) is 5.84. The van der Waals surface area contributed by atoms with Gasteiger partial charge < -0.3 is 14.0 Å². The van der Waals surface area contributed by atoms with Crippen LogP contribution in [0.3, 0.4) is 0 Å². The zero-order valence-electron chi connectivity index (χ0n) is 11.2. The highest BCUT2D eigenvalue weighted by atomic mass is 32.1. The number of ether oxygens (including phenoxy) is 2. The molecule has 4 rings (SSSR count). The molecule has 0 saturated carbocycles. The second kappa shape index (κ2) is 4.94. The number of fused-ring (bicyclic) bond motifs is 3. The molecule has 4 heterocycles. The molecule has 0 spiro atoms. The molecule has 2 aliphatic rings. The highest BCUT2D eigenvalue weighted by Crippen LogP contribution is 2.38. The van der Waals surface area contributed by atoms with E-state index in [-0.39, 0.29) is 12.4 Å². The molecule has 0 N–H and O–H groups in total. The van der Waals surface area contributed by atoms with E-state index in [9.17, 15) is 13.6 Å². The van der Waals surface area contributed by atoms with Crippen molar-refractivity contribution in [3.8, 4) is 16.5 Å². The number of hydrogen-bond donors (Lipinski definition) is 0. The van der Waals surface area contributed by atoms with Gasteiger partial charge >= 0.3 is 6.09 Å². The van der Waals surface area contributed by atoms with Crippen LogP contribution in [0.1, 0.15) is 0 Å². The quantitative estimate of drug-likeness (QED) is 0.851. The number of nitrogens with zero attached hydrogens (tertiary/aromatic N) is 3. The molecule has 1 unspecified atom stereocenters. The van der Waals surface area contributed by atoms with Gasteiger partial charge in [0, 0.05) is 6.20 Å². The molecule has 1 fully saturated rings. The summed E-state index contributed by atoms with van der Waals surface area (Å²) in [7, 11) is 0. The summed E-state index contributed by atoms with van der Waals surface area (Å²) in [5, 5.41) is 1.88. The average molecular weight is 327 g/mol. The Bertz CT molecular complexity index is 730. The second-order valence-electron chi connectivity index (χ2n) is 4.93. The summed E-state index contributed by atoms with van der Waals surface area (Å²) in [5.74, 6) is 1.52. The van der Waals surface area contributed by atoms with Gasteiger partial charge in [-0.1, -0.05) is 0 Å². The highest BCUT2D eigenvalue weighted by molar-refractivity contribution is 7.13. The van der Waals surface area contributed by atoms with Gasteiger partial charge in [-0.25, -0.2) is 23.5 Å². The van der Waals surface area contributed by atoms with E-state index in [4.69, 9.17) is 9.47 Å². The first-order valence-electron chi connectivity index (χ1n) is 6.67. The minimum Gasteiger partial charge on any atom is -0.490 e. The predicted octanol–water partition coefficient (Wildman–Crippen LogP) is 2.59. The Morgan fingerprint density at radius 2 is 2.27 bits per heavy atom. The van der Waals surface area contributed by atoms with Crippen LogP contribution in [0.5, 0.6) is 5.75 Å². The smallest absolute Gasteiger partial charge is 0.416 e. The number of alkyl halides is 2. The molecule has 116 valence electrons. The third-order valence-corrected chi connectivity index (χ3v) is 4.52. The summed E-state index contributed by atoms with van der Waals surface area (Å²) in [6.07, 6.45) is -1.88. The molecule has 2 aromatic rings. The Morgan fingerprint density at radius 3 is 3.09 bits per heavy atom. The first-order chi connectivity index (χ1) is 10.6. The summed E-state index contributed by atoms with van der Waals surface area (Å²) in [6.45, 7) is 0.660. The van der Waals surface area contributed by atoms with Crippen LogP contribution in [0, 0.1) is 0 Å². The first kappa shape index (κ1) is 13.5. The van der Waals surface area contributed by atoms with E-state index in [1.165, 1.54) is 11.3 Å². The summed E-state index contributed by atoms with van der Waals surface area (Å²) >= 11 is 1.45. The molecular weight excluding hydrogens is 316 g/mol. The van der Waals surface area contributed by atoms with Crippen LogP contribution < -0.4 is 9.64 Å². The van der Waals surface area contributed by atoms with Crippen LogP contribution in [0.2, 0.25) is 0 Å². The number of cyclic esters (lactones) is 1. The van der Waals surface area contributed by atoms with E-state index >= 15 is 0 Å². The summed E-state index contributed by atoms with van der Waals surface area (Å²) in [4.78, 5) is 17.9. The van der Waals surface area contributed by atoms with Crippen molar-refractivity contribution in [2.45, 2.75) is 19.0 Å². The number of hydrogen-bond acceptors (Lipinski definition) is 5. The van der Waals surface area contributed by atoms with E-state index in [0.29, 0.717) is 19.0 Å². The minimum atomic E-state index is -2.69. The lowest BCUT2D eigenvalue weighted by Gasteiger charge is -2.17. The normalized spacial score (nSPS) is 20.4. The Balaban J connectivity index is 1.78. The molecule has 6 nitrogen and oxygen atoms in total. The van der Waals surface area contributed by atoms with Crippen molar-refractivity contribution < 1.29 is 23.0 Å². The molecule has 0 bridgehead atoms. The van der Waals surface area contributed by atoms with Gasteiger partial charge in [-0.05, 0) is 11.4 Å². The van der Waals surface area contributed by atoms with Crippen LogP contribution in [0.15, 0.2) is 17.6 Å². The molecular formula is C13H11F2N3O3S. The number of rotatable bonds is 2. The fourth-order valence-corrected chi connectivity index (χ4v) is 3.42. The molecule has 1 atom stereocenters. The van der Waals surface area contributed by atoms with Crippen LogP contribution in [0.25, 0.3) is 10.7 Å². The van der Waals surface area contributed by atoms with E-state index < -0.39 is 18.6 Å². The Hall–Kier alpha value is -2.16. The highest BCUT2D eigenvalue weighted by Gasteiger charge is 2.42. The van der Waals surface area contributed by atoms with Gasteiger partial charge in [0.2, 0.25) is 0 Å². The topological polar surface area (TPSA) is 56.6 Å².